The number of anilines is 1. The third kappa shape index (κ3) is 6.37. The number of rotatable bonds is 10. The molecular weight excluding hydrogens is 615 g/mol. The van der Waals surface area contributed by atoms with E-state index in [9.17, 15) is 41.4 Å². The lowest BCUT2D eigenvalue weighted by atomic mass is 9.95. The number of aryl methyl sites for hydroxylation is 1. The Balaban J connectivity index is 1.44. The zero-order chi connectivity index (χ0) is 33.5. The second kappa shape index (κ2) is 12.4. The van der Waals surface area contributed by atoms with Gasteiger partial charge in [-0.05, 0) is 49.4 Å². The number of fused-ring (bicyclic) bond motifs is 1. The van der Waals surface area contributed by atoms with Gasteiger partial charge in [0.15, 0.2) is 0 Å². The third-order valence-electron chi connectivity index (χ3n) is 8.05. The maximum atomic E-state index is 14.9. The molecule has 0 spiro atoms. The van der Waals surface area contributed by atoms with Crippen LogP contribution >= 0.6 is 0 Å². The molecule has 0 aliphatic heterocycles. The van der Waals surface area contributed by atoms with Crippen LogP contribution in [0.3, 0.4) is 0 Å². The average molecular weight is 645 g/mol. The number of carboxylic acids is 1. The van der Waals surface area contributed by atoms with Gasteiger partial charge in [-0.15, -0.1) is 0 Å². The molecule has 2 heterocycles. The summed E-state index contributed by atoms with van der Waals surface area (Å²) in [6.45, 7) is 1.74. The van der Waals surface area contributed by atoms with Crippen molar-refractivity contribution in [2.75, 3.05) is 12.4 Å². The molecule has 0 radical (unpaired) electrons. The molecule has 2 aromatic carbocycles. The summed E-state index contributed by atoms with van der Waals surface area (Å²) in [5.41, 5.74) is 0.0441. The van der Waals surface area contributed by atoms with Gasteiger partial charge in [-0.2, -0.15) is 13.2 Å². The molecular formula is C32H29F5N4O5. The van der Waals surface area contributed by atoms with Gasteiger partial charge in [-0.1, -0.05) is 18.2 Å². The molecule has 4 aromatic rings. The largest absolute Gasteiger partial charge is 0.496 e. The van der Waals surface area contributed by atoms with E-state index < -0.39 is 58.9 Å². The number of ether oxygens (including phenoxy) is 1. The second-order valence-electron chi connectivity index (χ2n) is 11.1. The predicted molar refractivity (Wildman–Crippen MR) is 159 cm³/mol. The van der Waals surface area contributed by atoms with Crippen molar-refractivity contribution in [3.63, 3.8) is 0 Å². The van der Waals surface area contributed by atoms with Crippen LogP contribution in [0.2, 0.25) is 0 Å². The summed E-state index contributed by atoms with van der Waals surface area (Å²) >= 11 is 0. The minimum atomic E-state index is -4.65. The summed E-state index contributed by atoms with van der Waals surface area (Å²) in [6.07, 6.45) is -2.89. The van der Waals surface area contributed by atoms with Gasteiger partial charge >= 0.3 is 12.1 Å². The Morgan fingerprint density at radius 3 is 2.39 bits per heavy atom. The predicted octanol–water partition coefficient (Wildman–Crippen LogP) is 5.37. The Labute approximate surface area is 259 Å². The van der Waals surface area contributed by atoms with Crippen molar-refractivity contribution < 1.29 is 41.4 Å². The first-order chi connectivity index (χ1) is 21.7. The molecule has 9 nitrogen and oxygen atoms in total. The lowest BCUT2D eigenvalue weighted by molar-refractivity contribution is -0.146. The Morgan fingerprint density at radius 2 is 1.80 bits per heavy atom. The number of aliphatic carboxylic acids is 1. The molecule has 1 saturated carbocycles. The first-order valence-electron chi connectivity index (χ1n) is 14.2. The van der Waals surface area contributed by atoms with Crippen LogP contribution in [0.15, 0.2) is 53.5 Å². The third-order valence-corrected chi connectivity index (χ3v) is 8.05. The summed E-state index contributed by atoms with van der Waals surface area (Å²) < 4.78 is 77.0. The number of alkyl halides is 3. The quantitative estimate of drug-likeness (QED) is 0.198. The molecule has 2 aromatic heterocycles. The highest BCUT2D eigenvalue weighted by molar-refractivity contribution is 5.99. The van der Waals surface area contributed by atoms with Crippen LogP contribution in [0.5, 0.6) is 5.75 Å². The minimum absolute atomic E-state index is 0.233. The highest BCUT2D eigenvalue weighted by Crippen LogP contribution is 2.42. The van der Waals surface area contributed by atoms with Gasteiger partial charge in [0, 0.05) is 48.1 Å². The number of carboxylic acid groups (broad SMARTS) is 1. The summed E-state index contributed by atoms with van der Waals surface area (Å²) in [7, 11) is 3.03. The SMILES string of the molecule is COc1cc(C)n(C)c(=O)c1-c1ccc(C[C@H](NC(=O)c2c(F)cc(N[C@H](C3CC3)C(F)(F)F)cc2F)C(=O)O)c2cccnc12. The molecule has 0 saturated heterocycles. The first kappa shape index (κ1) is 32.4. The van der Waals surface area contributed by atoms with E-state index in [1.165, 1.54) is 17.9 Å². The summed E-state index contributed by atoms with van der Waals surface area (Å²) in [4.78, 5) is 42.8. The lowest BCUT2D eigenvalue weighted by Crippen LogP contribution is -2.43. The number of amides is 1. The number of hydrogen-bond donors (Lipinski definition) is 3. The number of carbonyl (C=O) groups excluding carboxylic acids is 1. The van der Waals surface area contributed by atoms with Crippen molar-refractivity contribution in [2.24, 2.45) is 13.0 Å². The van der Waals surface area contributed by atoms with Crippen molar-refractivity contribution in [3.05, 3.63) is 87.5 Å². The fourth-order valence-corrected chi connectivity index (χ4v) is 5.41. The van der Waals surface area contributed by atoms with Gasteiger partial charge in [0.1, 0.15) is 35.0 Å². The molecule has 2 atom stereocenters. The molecule has 1 aliphatic carbocycles. The molecule has 5 rings (SSSR count). The maximum absolute atomic E-state index is 14.9. The van der Waals surface area contributed by atoms with Crippen molar-refractivity contribution in [2.45, 2.75) is 44.4 Å². The van der Waals surface area contributed by atoms with E-state index in [0.29, 0.717) is 58.4 Å². The second-order valence-corrected chi connectivity index (χ2v) is 11.1. The molecule has 1 fully saturated rings. The molecule has 242 valence electrons. The number of halogens is 5. The normalized spacial score (nSPS) is 14.5. The van der Waals surface area contributed by atoms with Crippen LogP contribution in [-0.2, 0) is 18.3 Å². The van der Waals surface area contributed by atoms with E-state index in [4.69, 9.17) is 4.74 Å². The first-order valence-corrected chi connectivity index (χ1v) is 14.2. The number of pyridine rings is 2. The monoisotopic (exact) mass is 644 g/mol. The Morgan fingerprint density at radius 1 is 1.13 bits per heavy atom. The van der Waals surface area contributed by atoms with Crippen molar-refractivity contribution in [1.29, 1.82) is 0 Å². The van der Waals surface area contributed by atoms with Crippen molar-refractivity contribution in [1.82, 2.24) is 14.9 Å². The zero-order valence-electron chi connectivity index (χ0n) is 24.8. The van der Waals surface area contributed by atoms with Crippen molar-refractivity contribution >= 4 is 28.5 Å². The van der Waals surface area contributed by atoms with E-state index in [-0.39, 0.29) is 17.5 Å². The van der Waals surface area contributed by atoms with Gasteiger partial charge < -0.3 is 25.0 Å². The Hall–Kier alpha value is -5.01. The highest BCUT2D eigenvalue weighted by atomic mass is 19.4. The number of carbonyl (C=O) groups is 2. The standard InChI is InChI=1S/C32H29F5N4O5/c1-15-11-24(46-3)25(30(43)41(15)2)20-9-8-17(19-5-4-10-38-27(19)20)12-23(31(44)45)40-29(42)26-21(33)13-18(14-22(26)34)39-28(16-6-7-16)32(35,36)37/h4-5,8-11,13-14,16,23,28,39H,6-7,12H2,1-3H3,(H,40,42)(H,44,45)/t23-,28+/m0/s1. The zero-order valence-corrected chi connectivity index (χ0v) is 24.8. The van der Waals surface area contributed by atoms with E-state index in [1.807, 2.05) is 0 Å². The van der Waals surface area contributed by atoms with Gasteiger partial charge in [-0.25, -0.2) is 13.6 Å². The number of hydrogen-bond acceptors (Lipinski definition) is 6. The van der Waals surface area contributed by atoms with Crippen molar-refractivity contribution in [3.8, 4) is 16.9 Å². The fourth-order valence-electron chi connectivity index (χ4n) is 5.41. The number of nitrogens with zero attached hydrogens (tertiary/aromatic N) is 2. The topological polar surface area (TPSA) is 123 Å². The average Bonchev–Trinajstić information content (AvgIpc) is 3.83. The van der Waals surface area contributed by atoms with Gasteiger partial charge in [-0.3, -0.25) is 14.6 Å². The molecule has 14 heteroatoms. The van der Waals surface area contributed by atoms with Crippen LogP contribution < -0.4 is 20.9 Å². The van der Waals surface area contributed by atoms with Gasteiger partial charge in [0.25, 0.3) is 11.5 Å². The van der Waals surface area contributed by atoms with E-state index in [1.54, 1.807) is 44.3 Å². The highest BCUT2D eigenvalue weighted by Gasteiger charge is 2.49. The Kier molecular flexibility index (Phi) is 8.74. The van der Waals surface area contributed by atoms with E-state index in [0.717, 1.165) is 0 Å². The molecule has 3 N–H and O–H groups in total. The summed E-state index contributed by atoms with van der Waals surface area (Å²) in [6, 6.07) is 5.51. The molecule has 0 unspecified atom stereocenters. The summed E-state index contributed by atoms with van der Waals surface area (Å²) in [5.74, 6) is -6.27. The van der Waals surface area contributed by atoms with Gasteiger partial charge in [0.05, 0.1) is 18.2 Å². The van der Waals surface area contributed by atoms with Crippen LogP contribution in [-0.4, -0.2) is 51.9 Å². The van der Waals surface area contributed by atoms with Crippen LogP contribution in [0.1, 0.15) is 34.5 Å². The van der Waals surface area contributed by atoms with E-state index in [2.05, 4.69) is 15.6 Å². The molecule has 0 bridgehead atoms. The number of nitrogens with one attached hydrogen (secondary N) is 2. The van der Waals surface area contributed by atoms with Crippen LogP contribution in [0.25, 0.3) is 22.0 Å². The van der Waals surface area contributed by atoms with Crippen LogP contribution in [0, 0.1) is 24.5 Å². The minimum Gasteiger partial charge on any atom is -0.496 e. The number of benzene rings is 2. The maximum Gasteiger partial charge on any atom is 0.408 e. The smallest absolute Gasteiger partial charge is 0.408 e. The molecule has 46 heavy (non-hydrogen) atoms. The van der Waals surface area contributed by atoms with Crippen LogP contribution in [0.4, 0.5) is 27.6 Å². The number of aromatic nitrogens is 2. The molecule has 1 aliphatic rings. The van der Waals surface area contributed by atoms with E-state index >= 15 is 0 Å². The Bertz CT molecular complexity index is 1880. The summed E-state index contributed by atoms with van der Waals surface area (Å²) in [5, 5.41) is 14.6. The fraction of sp³-hybridized carbons (Fsp3) is 0.312. The molecule has 1 amide bonds. The number of methoxy groups -OCH3 is 1. The van der Waals surface area contributed by atoms with Gasteiger partial charge in [0.2, 0.25) is 0 Å². The lowest BCUT2D eigenvalue weighted by Gasteiger charge is -2.23.